The highest BCUT2D eigenvalue weighted by molar-refractivity contribution is 5.73. The summed E-state index contributed by atoms with van der Waals surface area (Å²) in [5, 5.41) is 15.4. The van der Waals surface area contributed by atoms with Gasteiger partial charge in [0.1, 0.15) is 5.82 Å². The van der Waals surface area contributed by atoms with Gasteiger partial charge in [0, 0.05) is 13.1 Å². The van der Waals surface area contributed by atoms with Gasteiger partial charge in [-0.1, -0.05) is 26.0 Å². The first kappa shape index (κ1) is 16.4. The molecule has 3 N–H and O–H groups in total. The highest BCUT2D eigenvalue weighted by Gasteiger charge is 2.22. The van der Waals surface area contributed by atoms with E-state index in [0.29, 0.717) is 25.8 Å². The van der Waals surface area contributed by atoms with Crippen molar-refractivity contribution >= 4 is 6.03 Å². The molecule has 4 nitrogen and oxygen atoms in total. The molecule has 0 aliphatic rings. The molecule has 0 heterocycles. The molecular weight excluding hydrogens is 259 g/mol. The Bertz CT molecular complexity index is 434. The van der Waals surface area contributed by atoms with Gasteiger partial charge in [0.25, 0.3) is 0 Å². The van der Waals surface area contributed by atoms with E-state index in [9.17, 15) is 14.3 Å². The molecule has 0 saturated heterocycles. The van der Waals surface area contributed by atoms with Gasteiger partial charge in [0.15, 0.2) is 0 Å². The van der Waals surface area contributed by atoms with Crippen LogP contribution >= 0.6 is 0 Å². The van der Waals surface area contributed by atoms with E-state index in [2.05, 4.69) is 10.6 Å². The first-order valence-corrected chi connectivity index (χ1v) is 6.97. The van der Waals surface area contributed by atoms with Crippen molar-refractivity contribution in [3.8, 4) is 0 Å². The third-order valence-electron chi connectivity index (χ3n) is 3.48. The molecule has 1 aromatic rings. The van der Waals surface area contributed by atoms with Crippen LogP contribution in [0.2, 0.25) is 0 Å². The van der Waals surface area contributed by atoms with Crippen LogP contribution in [0, 0.1) is 5.82 Å². The molecule has 0 aliphatic heterocycles. The van der Waals surface area contributed by atoms with Gasteiger partial charge in [-0.2, -0.15) is 0 Å². The summed E-state index contributed by atoms with van der Waals surface area (Å²) >= 11 is 0. The van der Waals surface area contributed by atoms with Crippen molar-refractivity contribution in [2.75, 3.05) is 13.1 Å². The molecule has 20 heavy (non-hydrogen) atoms. The number of nitrogens with one attached hydrogen (secondary N) is 2. The van der Waals surface area contributed by atoms with E-state index in [1.807, 2.05) is 19.9 Å². The van der Waals surface area contributed by atoms with Crippen LogP contribution in [-0.2, 0) is 6.42 Å². The second kappa shape index (κ2) is 7.85. The van der Waals surface area contributed by atoms with Gasteiger partial charge in [-0.25, -0.2) is 9.18 Å². The lowest BCUT2D eigenvalue weighted by Crippen LogP contribution is -2.46. The number of hydrogen-bond acceptors (Lipinski definition) is 2. The fourth-order valence-electron chi connectivity index (χ4n) is 1.82. The average molecular weight is 282 g/mol. The Morgan fingerprint density at radius 2 is 2.00 bits per heavy atom. The van der Waals surface area contributed by atoms with E-state index in [0.717, 1.165) is 5.56 Å². The maximum Gasteiger partial charge on any atom is 0.314 e. The second-order valence-electron chi connectivity index (χ2n) is 4.92. The molecule has 112 valence electrons. The van der Waals surface area contributed by atoms with Crippen molar-refractivity contribution in [3.05, 3.63) is 35.6 Å². The first-order valence-electron chi connectivity index (χ1n) is 6.97. The molecule has 0 atom stereocenters. The second-order valence-corrected chi connectivity index (χ2v) is 4.92. The van der Waals surface area contributed by atoms with E-state index in [4.69, 9.17) is 0 Å². The number of urea groups is 1. The fourth-order valence-corrected chi connectivity index (χ4v) is 1.82. The molecule has 1 aromatic carbocycles. The van der Waals surface area contributed by atoms with E-state index < -0.39 is 5.60 Å². The van der Waals surface area contributed by atoms with Crippen LogP contribution in [0.15, 0.2) is 24.3 Å². The van der Waals surface area contributed by atoms with E-state index in [1.165, 1.54) is 12.1 Å². The van der Waals surface area contributed by atoms with Crippen molar-refractivity contribution in [2.45, 2.75) is 38.7 Å². The minimum Gasteiger partial charge on any atom is -0.388 e. The Hall–Kier alpha value is -1.62. The van der Waals surface area contributed by atoms with Crippen LogP contribution in [0.4, 0.5) is 9.18 Å². The summed E-state index contributed by atoms with van der Waals surface area (Å²) < 4.78 is 13.0. The minimum atomic E-state index is -0.847. The van der Waals surface area contributed by atoms with Gasteiger partial charge in [-0.15, -0.1) is 0 Å². The number of rotatable bonds is 7. The largest absolute Gasteiger partial charge is 0.388 e. The van der Waals surface area contributed by atoms with E-state index >= 15 is 0 Å². The molecule has 0 aliphatic carbocycles. The molecule has 0 saturated carbocycles. The normalized spacial score (nSPS) is 11.2. The van der Waals surface area contributed by atoms with Crippen molar-refractivity contribution in [1.82, 2.24) is 10.6 Å². The Morgan fingerprint density at radius 1 is 1.30 bits per heavy atom. The Labute approximate surface area is 119 Å². The van der Waals surface area contributed by atoms with Crippen LogP contribution in [0.25, 0.3) is 0 Å². The van der Waals surface area contributed by atoms with Crippen molar-refractivity contribution in [1.29, 1.82) is 0 Å². The Balaban J connectivity index is 2.27. The summed E-state index contributed by atoms with van der Waals surface area (Å²) in [4.78, 5) is 11.6. The maximum absolute atomic E-state index is 13.0. The molecule has 0 spiro atoms. The molecule has 5 heteroatoms. The third kappa shape index (κ3) is 5.57. The standard InChI is InChI=1S/C15H23FN2O2/c1-3-15(20,4-2)11-18-14(19)17-9-8-12-6-5-7-13(16)10-12/h5-7,10,20H,3-4,8-9,11H2,1-2H3,(H2,17,18,19). The Kier molecular flexibility index (Phi) is 6.45. The van der Waals surface area contributed by atoms with Gasteiger partial charge in [0.2, 0.25) is 0 Å². The summed E-state index contributed by atoms with van der Waals surface area (Å²) in [6.45, 7) is 4.41. The average Bonchev–Trinajstić information content (AvgIpc) is 2.45. The minimum absolute atomic E-state index is 0.228. The molecule has 2 amide bonds. The predicted molar refractivity (Wildman–Crippen MR) is 77.0 cm³/mol. The van der Waals surface area contributed by atoms with E-state index in [1.54, 1.807) is 6.07 Å². The molecule has 0 unspecified atom stereocenters. The van der Waals surface area contributed by atoms with Crippen LogP contribution < -0.4 is 10.6 Å². The van der Waals surface area contributed by atoms with Gasteiger partial charge < -0.3 is 15.7 Å². The summed E-state index contributed by atoms with van der Waals surface area (Å²) in [7, 11) is 0. The SMILES string of the molecule is CCC(O)(CC)CNC(=O)NCCc1cccc(F)c1. The highest BCUT2D eigenvalue weighted by atomic mass is 19.1. The van der Waals surface area contributed by atoms with Gasteiger partial charge in [0.05, 0.1) is 5.60 Å². The zero-order valence-corrected chi connectivity index (χ0v) is 12.1. The summed E-state index contributed by atoms with van der Waals surface area (Å²) in [6, 6.07) is 5.98. The zero-order valence-electron chi connectivity index (χ0n) is 12.1. The number of carbonyl (C=O) groups is 1. The maximum atomic E-state index is 13.0. The summed E-state index contributed by atoms with van der Waals surface area (Å²) in [6.07, 6.45) is 1.75. The number of hydrogen-bond donors (Lipinski definition) is 3. The molecule has 0 bridgehead atoms. The quantitative estimate of drug-likeness (QED) is 0.718. The van der Waals surface area contributed by atoms with Crippen LogP contribution in [0.1, 0.15) is 32.3 Å². The molecule has 0 aromatic heterocycles. The third-order valence-corrected chi connectivity index (χ3v) is 3.48. The topological polar surface area (TPSA) is 61.4 Å². The van der Waals surface area contributed by atoms with Crippen molar-refractivity contribution in [3.63, 3.8) is 0 Å². The van der Waals surface area contributed by atoms with E-state index in [-0.39, 0.29) is 18.4 Å². The highest BCUT2D eigenvalue weighted by Crippen LogP contribution is 2.12. The number of halogens is 1. The van der Waals surface area contributed by atoms with Crippen LogP contribution in [0.3, 0.4) is 0 Å². The van der Waals surface area contributed by atoms with Crippen molar-refractivity contribution in [2.24, 2.45) is 0 Å². The monoisotopic (exact) mass is 282 g/mol. The number of aliphatic hydroxyl groups is 1. The summed E-state index contributed by atoms with van der Waals surface area (Å²) in [5.74, 6) is -0.275. The molecule has 1 rings (SSSR count). The number of benzene rings is 1. The molecule has 0 radical (unpaired) electrons. The lowest BCUT2D eigenvalue weighted by atomic mass is 9.98. The van der Waals surface area contributed by atoms with Gasteiger partial charge >= 0.3 is 6.03 Å². The van der Waals surface area contributed by atoms with Crippen LogP contribution in [0.5, 0.6) is 0 Å². The lowest BCUT2D eigenvalue weighted by Gasteiger charge is -2.25. The van der Waals surface area contributed by atoms with Gasteiger partial charge in [-0.05, 0) is 37.0 Å². The molecular formula is C15H23FN2O2. The summed E-state index contributed by atoms with van der Waals surface area (Å²) in [5.41, 5.74) is -0.0104. The van der Waals surface area contributed by atoms with Gasteiger partial charge in [-0.3, -0.25) is 0 Å². The van der Waals surface area contributed by atoms with Crippen LogP contribution in [-0.4, -0.2) is 29.8 Å². The molecule has 0 fully saturated rings. The number of amides is 2. The zero-order chi connectivity index (χ0) is 15.0. The first-order chi connectivity index (χ1) is 9.49. The lowest BCUT2D eigenvalue weighted by molar-refractivity contribution is 0.0349. The number of carbonyl (C=O) groups excluding carboxylic acids is 1. The Morgan fingerprint density at radius 3 is 2.60 bits per heavy atom. The smallest absolute Gasteiger partial charge is 0.314 e. The fraction of sp³-hybridized carbons (Fsp3) is 0.533. The van der Waals surface area contributed by atoms with Crippen molar-refractivity contribution < 1.29 is 14.3 Å². The predicted octanol–water partition coefficient (Wildman–Crippen LogP) is 2.22.